The van der Waals surface area contributed by atoms with Crippen LogP contribution in [0.25, 0.3) is 0 Å². The number of nitrogens with one attached hydrogen (secondary N) is 1. The molecule has 2 aliphatic rings. The van der Waals surface area contributed by atoms with E-state index in [2.05, 4.69) is 15.2 Å². The number of aromatic nitrogens is 1. The molecule has 1 N–H and O–H groups in total. The fourth-order valence-corrected chi connectivity index (χ4v) is 3.31. The molecule has 0 spiro atoms. The van der Waals surface area contributed by atoms with Gasteiger partial charge in [0.05, 0.1) is 6.20 Å². The third-order valence-electron chi connectivity index (χ3n) is 4.61. The molecule has 126 valence electrons. The zero-order valence-electron chi connectivity index (χ0n) is 13.4. The molecule has 0 atom stereocenters. The minimum Gasteiger partial charge on any atom is -0.482 e. The summed E-state index contributed by atoms with van der Waals surface area (Å²) >= 11 is 0. The monoisotopic (exact) mass is 319 g/mol. The molecule has 0 bridgehead atoms. The molecule has 1 amide bonds. The van der Waals surface area contributed by atoms with E-state index in [0.717, 1.165) is 52.0 Å². The number of likely N-dealkylation sites (tertiary alicyclic amines) is 1. The molecule has 2 fully saturated rings. The predicted molar refractivity (Wildman–Crippen MR) is 86.3 cm³/mol. The zero-order valence-corrected chi connectivity index (χ0v) is 13.4. The number of carbonyl (C=O) groups is 1. The highest BCUT2D eigenvalue weighted by Gasteiger charge is 2.27. The molecule has 3 rings (SSSR count). The minimum atomic E-state index is -0.0571. The van der Waals surface area contributed by atoms with E-state index in [1.807, 2.05) is 0 Å². The summed E-state index contributed by atoms with van der Waals surface area (Å²) < 4.78 is 10.9. The average Bonchev–Trinajstić information content (AvgIpc) is 2.62. The first-order chi connectivity index (χ1) is 11.3. The van der Waals surface area contributed by atoms with Gasteiger partial charge in [0.1, 0.15) is 5.75 Å². The molecule has 0 radical (unpaired) electrons. The Bertz CT molecular complexity index is 483. The lowest BCUT2D eigenvalue weighted by molar-refractivity contribution is -0.124. The van der Waals surface area contributed by atoms with Crippen LogP contribution in [0.4, 0.5) is 0 Å². The Balaban J connectivity index is 1.35. The highest BCUT2D eigenvalue weighted by Crippen LogP contribution is 2.19. The summed E-state index contributed by atoms with van der Waals surface area (Å²) in [5.41, 5.74) is 0. The molecule has 0 unspecified atom stereocenters. The van der Waals surface area contributed by atoms with Crippen molar-refractivity contribution in [3.63, 3.8) is 0 Å². The van der Waals surface area contributed by atoms with Crippen molar-refractivity contribution in [1.82, 2.24) is 15.2 Å². The summed E-state index contributed by atoms with van der Waals surface area (Å²) in [6.45, 7) is 3.92. The van der Waals surface area contributed by atoms with E-state index in [1.165, 1.54) is 0 Å². The second-order valence-electron chi connectivity index (χ2n) is 6.20. The maximum atomic E-state index is 12.0. The third-order valence-corrected chi connectivity index (χ3v) is 4.61. The number of pyridine rings is 1. The van der Waals surface area contributed by atoms with Gasteiger partial charge in [-0.15, -0.1) is 0 Å². The van der Waals surface area contributed by atoms with Crippen LogP contribution >= 0.6 is 0 Å². The lowest BCUT2D eigenvalue weighted by Gasteiger charge is -2.39. The Morgan fingerprint density at radius 1 is 1.30 bits per heavy atom. The zero-order chi connectivity index (χ0) is 15.9. The predicted octanol–water partition coefficient (Wildman–Crippen LogP) is 1.22. The second-order valence-corrected chi connectivity index (χ2v) is 6.20. The minimum absolute atomic E-state index is 0.0475. The molecule has 6 heteroatoms. The van der Waals surface area contributed by atoms with Gasteiger partial charge in [-0.2, -0.15) is 0 Å². The van der Waals surface area contributed by atoms with E-state index < -0.39 is 0 Å². The Hall–Kier alpha value is -1.66. The highest BCUT2D eigenvalue weighted by molar-refractivity contribution is 5.77. The van der Waals surface area contributed by atoms with Crippen molar-refractivity contribution in [2.45, 2.75) is 37.8 Å². The van der Waals surface area contributed by atoms with Gasteiger partial charge in [-0.1, -0.05) is 0 Å². The smallest absolute Gasteiger partial charge is 0.258 e. The average molecular weight is 319 g/mol. The molecule has 0 aliphatic carbocycles. The van der Waals surface area contributed by atoms with E-state index in [4.69, 9.17) is 9.47 Å². The van der Waals surface area contributed by atoms with E-state index in [1.54, 1.807) is 24.5 Å². The van der Waals surface area contributed by atoms with Crippen LogP contribution in [0.15, 0.2) is 24.5 Å². The van der Waals surface area contributed by atoms with Crippen LogP contribution in [-0.2, 0) is 9.53 Å². The summed E-state index contributed by atoms with van der Waals surface area (Å²) in [5.74, 6) is 0.565. The summed E-state index contributed by atoms with van der Waals surface area (Å²) in [7, 11) is 0. The van der Waals surface area contributed by atoms with Crippen molar-refractivity contribution in [3.8, 4) is 5.75 Å². The fourth-order valence-electron chi connectivity index (χ4n) is 3.31. The van der Waals surface area contributed by atoms with Gasteiger partial charge in [-0.3, -0.25) is 9.78 Å². The van der Waals surface area contributed by atoms with Gasteiger partial charge in [-0.05, 0) is 37.8 Å². The van der Waals surface area contributed by atoms with Crippen molar-refractivity contribution in [2.24, 2.45) is 0 Å². The van der Waals surface area contributed by atoms with E-state index in [0.29, 0.717) is 11.8 Å². The van der Waals surface area contributed by atoms with E-state index in [-0.39, 0.29) is 18.6 Å². The van der Waals surface area contributed by atoms with Crippen molar-refractivity contribution in [2.75, 3.05) is 32.9 Å². The van der Waals surface area contributed by atoms with Gasteiger partial charge in [0.25, 0.3) is 5.91 Å². The first kappa shape index (κ1) is 16.2. The summed E-state index contributed by atoms with van der Waals surface area (Å²) in [5, 5.41) is 3.08. The SMILES string of the molecule is O=C(COc1cccnc1)NC1CCN(C2CCOCC2)CC1. The van der Waals surface area contributed by atoms with Crippen LogP contribution in [0, 0.1) is 0 Å². The van der Waals surface area contributed by atoms with Crippen molar-refractivity contribution < 1.29 is 14.3 Å². The topological polar surface area (TPSA) is 63.7 Å². The molecule has 1 aromatic rings. The molecule has 23 heavy (non-hydrogen) atoms. The maximum absolute atomic E-state index is 12.0. The van der Waals surface area contributed by atoms with E-state index >= 15 is 0 Å². The maximum Gasteiger partial charge on any atom is 0.258 e. The van der Waals surface area contributed by atoms with Gasteiger partial charge < -0.3 is 19.7 Å². The van der Waals surface area contributed by atoms with Crippen LogP contribution in [0.1, 0.15) is 25.7 Å². The first-order valence-corrected chi connectivity index (χ1v) is 8.45. The molecule has 0 aromatic carbocycles. The van der Waals surface area contributed by atoms with E-state index in [9.17, 15) is 4.79 Å². The van der Waals surface area contributed by atoms with Crippen LogP contribution < -0.4 is 10.1 Å². The Labute approximate surface area is 137 Å². The number of hydrogen-bond acceptors (Lipinski definition) is 5. The molecule has 1 aromatic heterocycles. The number of amides is 1. The summed E-state index contributed by atoms with van der Waals surface area (Å²) in [6.07, 6.45) is 7.58. The van der Waals surface area contributed by atoms with Gasteiger partial charge in [-0.25, -0.2) is 0 Å². The number of hydrogen-bond donors (Lipinski definition) is 1. The Kier molecular flexibility index (Phi) is 5.82. The van der Waals surface area contributed by atoms with Gasteiger partial charge in [0.2, 0.25) is 0 Å². The van der Waals surface area contributed by atoms with Crippen LogP contribution in [0.5, 0.6) is 5.75 Å². The number of carbonyl (C=O) groups excluding carboxylic acids is 1. The summed E-state index contributed by atoms with van der Waals surface area (Å²) in [6, 6.07) is 4.51. The number of piperidine rings is 1. The molecule has 3 heterocycles. The largest absolute Gasteiger partial charge is 0.482 e. The first-order valence-electron chi connectivity index (χ1n) is 8.45. The second kappa shape index (κ2) is 8.26. The molecular formula is C17H25N3O3. The lowest BCUT2D eigenvalue weighted by atomic mass is 10.00. The Morgan fingerprint density at radius 2 is 2.09 bits per heavy atom. The van der Waals surface area contributed by atoms with Gasteiger partial charge in [0, 0.05) is 44.6 Å². The van der Waals surface area contributed by atoms with Gasteiger partial charge in [0.15, 0.2) is 6.61 Å². The van der Waals surface area contributed by atoms with Crippen molar-refractivity contribution in [1.29, 1.82) is 0 Å². The van der Waals surface area contributed by atoms with Gasteiger partial charge >= 0.3 is 0 Å². The molecule has 6 nitrogen and oxygen atoms in total. The van der Waals surface area contributed by atoms with Crippen molar-refractivity contribution >= 4 is 5.91 Å². The standard InChI is InChI=1S/C17H25N3O3/c21-17(13-23-16-2-1-7-18-12-16)19-14-3-8-20(9-4-14)15-5-10-22-11-6-15/h1-2,7,12,14-15H,3-6,8-11,13H2,(H,19,21). The highest BCUT2D eigenvalue weighted by atomic mass is 16.5. The fraction of sp³-hybridized carbons (Fsp3) is 0.647. The molecular weight excluding hydrogens is 294 g/mol. The number of ether oxygens (including phenoxy) is 2. The van der Waals surface area contributed by atoms with Crippen LogP contribution in [0.3, 0.4) is 0 Å². The normalized spacial score (nSPS) is 21.0. The molecule has 0 saturated carbocycles. The van der Waals surface area contributed by atoms with Crippen LogP contribution in [0.2, 0.25) is 0 Å². The lowest BCUT2D eigenvalue weighted by Crippen LogP contribution is -2.49. The number of nitrogens with zero attached hydrogens (tertiary/aromatic N) is 2. The van der Waals surface area contributed by atoms with Crippen LogP contribution in [-0.4, -0.2) is 60.8 Å². The number of rotatable bonds is 5. The molecule has 2 saturated heterocycles. The third kappa shape index (κ3) is 4.91. The summed E-state index contributed by atoms with van der Waals surface area (Å²) in [4.78, 5) is 18.5. The Morgan fingerprint density at radius 3 is 2.78 bits per heavy atom. The quantitative estimate of drug-likeness (QED) is 0.884. The molecule has 2 aliphatic heterocycles. The van der Waals surface area contributed by atoms with Crippen molar-refractivity contribution in [3.05, 3.63) is 24.5 Å².